The molecule has 0 rings (SSSR count). The minimum Gasteiger partial charge on any atom is -0.213 e. The van der Waals surface area contributed by atoms with E-state index in [1.54, 1.807) is 6.92 Å². The third kappa shape index (κ3) is 1.79. The van der Waals surface area contributed by atoms with E-state index in [9.17, 15) is 30.4 Å². The first kappa shape index (κ1) is 10.6. The molecule has 0 aromatic rings. The zero-order valence-electron chi connectivity index (χ0n) is 4.82. The normalized spacial score (nSPS) is 15.1. The lowest BCUT2D eigenvalue weighted by molar-refractivity contribution is -0.0526. The van der Waals surface area contributed by atoms with E-state index in [0.717, 1.165) is 0 Å². The molecule has 0 aliphatic carbocycles. The molecule has 0 aromatic heterocycles. The summed E-state index contributed by atoms with van der Waals surface area (Å²) in [6, 6.07) is 0. The van der Waals surface area contributed by atoms with E-state index in [0.29, 0.717) is 0 Å². The Balaban J connectivity index is 5.11. The molecular weight excluding hydrogens is 195 g/mol. The van der Waals surface area contributed by atoms with Crippen LogP contribution in [0.15, 0.2) is 0 Å². The van der Waals surface area contributed by atoms with Gasteiger partial charge in [-0.25, -0.2) is 8.42 Å². The fraction of sp³-hybridized carbons (Fsp3) is 0.667. The third-order valence-corrected chi connectivity index (χ3v) is 2.09. The Labute approximate surface area is 58.9 Å². The van der Waals surface area contributed by atoms with Gasteiger partial charge in [-0.05, 0) is 0 Å². The maximum Gasteiger partial charge on any atom is 0.503 e. The second-order valence-electron chi connectivity index (χ2n) is 1.59. The Morgan fingerprint density at radius 3 is 1.27 bits per heavy atom. The van der Waals surface area contributed by atoms with E-state index in [4.69, 9.17) is 0 Å². The first-order valence-corrected chi connectivity index (χ1v) is 3.52. The Morgan fingerprint density at radius 1 is 1.00 bits per heavy atom. The van der Waals surface area contributed by atoms with Crippen molar-refractivity contribution < 1.29 is 30.4 Å². The van der Waals surface area contributed by atoms with Gasteiger partial charge in [-0.15, -0.1) is 0 Å². The summed E-state index contributed by atoms with van der Waals surface area (Å²) < 4.78 is 76.3. The Bertz CT molecular complexity index is 211. The molecule has 8 heteroatoms. The summed E-state index contributed by atoms with van der Waals surface area (Å²) in [6.45, 7) is 1.57. The van der Waals surface area contributed by atoms with Crippen LogP contribution in [0.2, 0.25) is 0 Å². The third-order valence-electron chi connectivity index (χ3n) is 0.698. The number of sulfone groups is 1. The molecule has 0 fully saturated rings. The summed E-state index contributed by atoms with van der Waals surface area (Å²) in [5.41, 5.74) is -5.96. The highest BCUT2D eigenvalue weighted by atomic mass is 32.2. The number of halogens is 5. The van der Waals surface area contributed by atoms with Gasteiger partial charge in [0, 0.05) is 6.92 Å². The molecule has 0 heterocycles. The van der Waals surface area contributed by atoms with Gasteiger partial charge in [0.1, 0.15) is 0 Å². The van der Waals surface area contributed by atoms with Gasteiger partial charge in [0.05, 0.1) is 0 Å². The van der Waals surface area contributed by atoms with Crippen molar-refractivity contribution in [1.82, 2.24) is 0 Å². The SMILES string of the molecule is [CH2]C(F)(F)S(=O)(=O)C(F)(F)F. The van der Waals surface area contributed by atoms with Gasteiger partial charge in [-0.3, -0.25) is 0 Å². The van der Waals surface area contributed by atoms with E-state index in [1.807, 2.05) is 0 Å². The number of rotatable bonds is 1. The molecule has 67 valence electrons. The maximum atomic E-state index is 11.6. The predicted octanol–water partition coefficient (Wildman–Crippen LogP) is 1.35. The zero-order chi connectivity index (χ0) is 9.50. The molecule has 0 bridgehead atoms. The van der Waals surface area contributed by atoms with E-state index >= 15 is 0 Å². The van der Waals surface area contributed by atoms with Gasteiger partial charge >= 0.3 is 20.6 Å². The lowest BCUT2D eigenvalue weighted by Gasteiger charge is -2.13. The number of hydrogen-bond acceptors (Lipinski definition) is 2. The molecule has 0 aliphatic rings. The van der Waals surface area contributed by atoms with Gasteiger partial charge in [-0.1, -0.05) is 0 Å². The quantitative estimate of drug-likeness (QED) is 0.594. The van der Waals surface area contributed by atoms with E-state index < -0.39 is 20.6 Å². The topological polar surface area (TPSA) is 34.1 Å². The summed E-state index contributed by atoms with van der Waals surface area (Å²) in [6.07, 6.45) is 0. The Morgan fingerprint density at radius 2 is 1.27 bits per heavy atom. The molecular formula is C3H2F5O2S. The van der Waals surface area contributed by atoms with Crippen molar-refractivity contribution in [1.29, 1.82) is 0 Å². The van der Waals surface area contributed by atoms with Gasteiger partial charge < -0.3 is 0 Å². The second-order valence-corrected chi connectivity index (χ2v) is 3.65. The van der Waals surface area contributed by atoms with Crippen LogP contribution in [-0.2, 0) is 9.84 Å². The van der Waals surface area contributed by atoms with Gasteiger partial charge in [-0.2, -0.15) is 22.0 Å². The van der Waals surface area contributed by atoms with Crippen LogP contribution in [0, 0.1) is 6.92 Å². The molecule has 0 amide bonds. The molecule has 1 radical (unpaired) electrons. The van der Waals surface area contributed by atoms with E-state index in [1.165, 1.54) is 0 Å². The number of alkyl halides is 5. The molecule has 0 aromatic carbocycles. The van der Waals surface area contributed by atoms with Crippen LogP contribution in [0.5, 0.6) is 0 Å². The monoisotopic (exact) mass is 197 g/mol. The standard InChI is InChI=1S/C3H2F5O2S/c1-2(4,5)11(9,10)3(6,7)8/h1H2. The summed E-state index contributed by atoms with van der Waals surface area (Å²) in [4.78, 5) is 0. The van der Waals surface area contributed by atoms with Crippen LogP contribution in [0.1, 0.15) is 0 Å². The highest BCUT2D eigenvalue weighted by Gasteiger charge is 2.59. The average Bonchev–Trinajstić information content (AvgIpc) is 1.58. The van der Waals surface area contributed by atoms with Gasteiger partial charge in [0.2, 0.25) is 0 Å². The molecule has 2 nitrogen and oxygen atoms in total. The fourth-order valence-electron chi connectivity index (χ4n) is 0.169. The van der Waals surface area contributed by atoms with E-state index in [-0.39, 0.29) is 0 Å². The molecule has 0 atom stereocenters. The lowest BCUT2D eigenvalue weighted by atomic mass is 10.9. The van der Waals surface area contributed by atoms with Crippen molar-refractivity contribution in [3.8, 4) is 0 Å². The zero-order valence-corrected chi connectivity index (χ0v) is 5.64. The van der Waals surface area contributed by atoms with E-state index in [2.05, 4.69) is 0 Å². The van der Waals surface area contributed by atoms with Crippen LogP contribution in [0.25, 0.3) is 0 Å². The van der Waals surface area contributed by atoms with Crippen molar-refractivity contribution in [2.24, 2.45) is 0 Å². The van der Waals surface area contributed by atoms with Crippen LogP contribution < -0.4 is 0 Å². The van der Waals surface area contributed by atoms with Crippen molar-refractivity contribution in [2.75, 3.05) is 0 Å². The first-order chi connectivity index (χ1) is 4.50. The fourth-order valence-corrected chi connectivity index (χ4v) is 0.508. The second kappa shape index (κ2) is 2.29. The molecule has 0 saturated carbocycles. The summed E-state index contributed by atoms with van der Waals surface area (Å²) in [7, 11) is -6.46. The van der Waals surface area contributed by atoms with Crippen LogP contribution in [0.3, 0.4) is 0 Å². The highest BCUT2D eigenvalue weighted by Crippen LogP contribution is 2.34. The summed E-state index contributed by atoms with van der Waals surface area (Å²) >= 11 is 0. The lowest BCUT2D eigenvalue weighted by Crippen LogP contribution is -2.37. The molecule has 0 unspecified atom stereocenters. The predicted molar refractivity (Wildman–Crippen MR) is 25.3 cm³/mol. The van der Waals surface area contributed by atoms with Crippen LogP contribution in [0.4, 0.5) is 22.0 Å². The van der Waals surface area contributed by atoms with Crippen molar-refractivity contribution in [3.63, 3.8) is 0 Å². The van der Waals surface area contributed by atoms with Crippen LogP contribution in [-0.4, -0.2) is 19.2 Å². The largest absolute Gasteiger partial charge is 0.503 e. The van der Waals surface area contributed by atoms with Crippen molar-refractivity contribution in [3.05, 3.63) is 6.92 Å². The average molecular weight is 197 g/mol. The summed E-state index contributed by atoms with van der Waals surface area (Å²) in [5, 5.41) is -5.02. The molecule has 0 spiro atoms. The highest BCUT2D eigenvalue weighted by molar-refractivity contribution is 7.93. The Kier molecular flexibility index (Phi) is 2.21. The Hall–Kier alpha value is -0.400. The minimum absolute atomic E-state index is 1.57. The smallest absolute Gasteiger partial charge is 0.213 e. The van der Waals surface area contributed by atoms with Crippen molar-refractivity contribution >= 4 is 9.84 Å². The minimum atomic E-state index is -6.46. The van der Waals surface area contributed by atoms with Gasteiger partial charge in [0.15, 0.2) is 0 Å². The molecule has 0 saturated heterocycles. The summed E-state index contributed by atoms with van der Waals surface area (Å²) in [5.74, 6) is 0. The van der Waals surface area contributed by atoms with Gasteiger partial charge in [0.25, 0.3) is 0 Å². The van der Waals surface area contributed by atoms with Crippen molar-refractivity contribution in [2.45, 2.75) is 10.8 Å². The maximum absolute atomic E-state index is 11.6. The molecule has 0 N–H and O–H groups in total. The molecule has 11 heavy (non-hydrogen) atoms. The first-order valence-electron chi connectivity index (χ1n) is 2.04. The molecule has 0 aliphatic heterocycles. The van der Waals surface area contributed by atoms with Crippen LogP contribution >= 0.6 is 0 Å². The number of hydrogen-bond donors (Lipinski definition) is 0.